The maximum Gasteiger partial charge on any atom is 0.250 e. The van der Waals surface area contributed by atoms with Crippen molar-refractivity contribution in [2.75, 3.05) is 19.0 Å². The summed E-state index contributed by atoms with van der Waals surface area (Å²) in [5.41, 5.74) is 2.93. The predicted molar refractivity (Wildman–Crippen MR) is 76.3 cm³/mol. The van der Waals surface area contributed by atoms with Crippen LogP contribution in [0.15, 0.2) is 42.5 Å². The van der Waals surface area contributed by atoms with E-state index in [2.05, 4.69) is 16.4 Å². The van der Waals surface area contributed by atoms with Gasteiger partial charge in [-0.2, -0.15) is 0 Å². The highest BCUT2D eigenvalue weighted by Gasteiger charge is 2.06. The molecule has 0 unspecified atom stereocenters. The number of anilines is 1. The molecular weight excluding hydrogens is 240 g/mol. The number of carbonyl (C=O) groups excluding carboxylic acids is 1. The van der Waals surface area contributed by atoms with Crippen molar-refractivity contribution < 1.29 is 9.53 Å². The Labute approximate surface area is 110 Å². The molecule has 0 saturated carbocycles. The maximum absolute atomic E-state index is 11.5. The Morgan fingerprint density at radius 2 is 1.95 bits per heavy atom. The van der Waals surface area contributed by atoms with E-state index in [1.165, 1.54) is 7.11 Å². The number of aromatic amines is 1. The van der Waals surface area contributed by atoms with E-state index >= 15 is 0 Å². The summed E-state index contributed by atoms with van der Waals surface area (Å²) in [6.07, 6.45) is 0. The number of H-pyrrole nitrogens is 1. The van der Waals surface area contributed by atoms with Gasteiger partial charge in [-0.15, -0.1) is 0 Å². The van der Waals surface area contributed by atoms with E-state index in [1.54, 1.807) is 0 Å². The van der Waals surface area contributed by atoms with Gasteiger partial charge in [0, 0.05) is 34.6 Å². The van der Waals surface area contributed by atoms with Crippen LogP contribution in [0.25, 0.3) is 21.8 Å². The third-order valence-electron chi connectivity index (χ3n) is 3.07. The highest BCUT2D eigenvalue weighted by Crippen LogP contribution is 2.27. The molecular formula is C15H14N2O2. The van der Waals surface area contributed by atoms with Crippen LogP contribution in [0.2, 0.25) is 0 Å². The summed E-state index contributed by atoms with van der Waals surface area (Å²) >= 11 is 0. The number of aromatic nitrogens is 1. The monoisotopic (exact) mass is 254 g/mol. The van der Waals surface area contributed by atoms with Crippen LogP contribution >= 0.6 is 0 Å². The molecule has 0 radical (unpaired) electrons. The summed E-state index contributed by atoms with van der Waals surface area (Å²) in [4.78, 5) is 14.9. The fourth-order valence-electron chi connectivity index (χ4n) is 2.25. The number of fused-ring (bicyclic) bond motifs is 3. The van der Waals surface area contributed by atoms with Crippen molar-refractivity contribution >= 4 is 33.4 Å². The molecule has 2 N–H and O–H groups in total. The summed E-state index contributed by atoms with van der Waals surface area (Å²) < 4.78 is 4.80. The van der Waals surface area contributed by atoms with E-state index in [4.69, 9.17) is 4.74 Å². The smallest absolute Gasteiger partial charge is 0.250 e. The van der Waals surface area contributed by atoms with Crippen LogP contribution in [0.3, 0.4) is 0 Å². The zero-order valence-electron chi connectivity index (χ0n) is 10.6. The Morgan fingerprint density at radius 1 is 1.16 bits per heavy atom. The maximum atomic E-state index is 11.5. The number of hydrogen-bond acceptors (Lipinski definition) is 2. The van der Waals surface area contributed by atoms with E-state index in [0.29, 0.717) is 0 Å². The first kappa shape index (κ1) is 11.7. The molecule has 4 heteroatoms. The van der Waals surface area contributed by atoms with Gasteiger partial charge in [-0.25, -0.2) is 0 Å². The van der Waals surface area contributed by atoms with Gasteiger partial charge in [0.05, 0.1) is 0 Å². The van der Waals surface area contributed by atoms with Crippen LogP contribution in [0.5, 0.6) is 0 Å². The van der Waals surface area contributed by atoms with Crippen LogP contribution in [-0.2, 0) is 9.53 Å². The van der Waals surface area contributed by atoms with Gasteiger partial charge in [-0.1, -0.05) is 18.2 Å². The molecule has 1 amide bonds. The minimum Gasteiger partial charge on any atom is -0.375 e. The minimum absolute atomic E-state index is 0.0614. The van der Waals surface area contributed by atoms with Crippen LogP contribution in [-0.4, -0.2) is 24.6 Å². The van der Waals surface area contributed by atoms with Crippen molar-refractivity contribution in [3.8, 4) is 0 Å². The average Bonchev–Trinajstić information content (AvgIpc) is 2.77. The quantitative estimate of drug-likeness (QED) is 0.755. The molecule has 0 aliphatic heterocycles. The summed E-state index contributed by atoms with van der Waals surface area (Å²) in [7, 11) is 1.50. The second-order valence-corrected chi connectivity index (χ2v) is 4.41. The van der Waals surface area contributed by atoms with Crippen molar-refractivity contribution in [3.63, 3.8) is 0 Å². The number of rotatable bonds is 3. The first-order chi connectivity index (χ1) is 9.28. The van der Waals surface area contributed by atoms with Crippen molar-refractivity contribution in [1.29, 1.82) is 0 Å². The number of amides is 1. The second-order valence-electron chi connectivity index (χ2n) is 4.41. The highest BCUT2D eigenvalue weighted by molar-refractivity contribution is 6.09. The topological polar surface area (TPSA) is 54.1 Å². The van der Waals surface area contributed by atoms with Crippen LogP contribution < -0.4 is 5.32 Å². The van der Waals surface area contributed by atoms with E-state index in [0.717, 1.165) is 27.5 Å². The van der Waals surface area contributed by atoms with Gasteiger partial charge in [0.15, 0.2) is 0 Å². The Bertz CT molecular complexity index is 746. The molecule has 96 valence electrons. The van der Waals surface area contributed by atoms with Crippen molar-refractivity contribution in [1.82, 2.24) is 4.98 Å². The Balaban J connectivity index is 2.04. The second kappa shape index (κ2) is 4.74. The molecule has 19 heavy (non-hydrogen) atoms. The Hall–Kier alpha value is -2.33. The van der Waals surface area contributed by atoms with Crippen molar-refractivity contribution in [3.05, 3.63) is 42.5 Å². The van der Waals surface area contributed by atoms with Gasteiger partial charge in [0.1, 0.15) is 6.61 Å². The third-order valence-corrected chi connectivity index (χ3v) is 3.07. The van der Waals surface area contributed by atoms with Crippen molar-refractivity contribution in [2.45, 2.75) is 0 Å². The van der Waals surface area contributed by atoms with E-state index in [-0.39, 0.29) is 12.5 Å². The summed E-state index contributed by atoms with van der Waals surface area (Å²) in [5.74, 6) is -0.151. The molecule has 0 spiro atoms. The molecule has 2 aromatic carbocycles. The zero-order chi connectivity index (χ0) is 13.2. The van der Waals surface area contributed by atoms with Crippen LogP contribution in [0.1, 0.15) is 0 Å². The Morgan fingerprint density at radius 3 is 2.79 bits per heavy atom. The molecule has 0 aliphatic carbocycles. The fourth-order valence-corrected chi connectivity index (χ4v) is 2.25. The lowest BCUT2D eigenvalue weighted by Gasteiger charge is -2.04. The van der Waals surface area contributed by atoms with E-state index < -0.39 is 0 Å². The summed E-state index contributed by atoms with van der Waals surface area (Å²) in [6, 6.07) is 13.9. The fraction of sp³-hybridized carbons (Fsp3) is 0.133. The minimum atomic E-state index is -0.151. The molecule has 0 fully saturated rings. The van der Waals surface area contributed by atoms with Crippen molar-refractivity contribution in [2.24, 2.45) is 0 Å². The first-order valence-electron chi connectivity index (χ1n) is 6.07. The number of ether oxygens (including phenoxy) is 1. The van der Waals surface area contributed by atoms with Gasteiger partial charge in [-0.05, 0) is 24.3 Å². The standard InChI is InChI=1S/C15H14N2O2/c1-19-9-15(18)16-10-6-7-14-12(8-10)11-4-2-3-5-13(11)17-14/h2-8,17H,9H2,1H3,(H,16,18). The molecule has 3 rings (SSSR count). The molecule has 3 aromatic rings. The highest BCUT2D eigenvalue weighted by atomic mass is 16.5. The first-order valence-corrected chi connectivity index (χ1v) is 6.07. The number of nitrogens with one attached hydrogen (secondary N) is 2. The number of hydrogen-bond donors (Lipinski definition) is 2. The normalized spacial score (nSPS) is 11.0. The largest absolute Gasteiger partial charge is 0.375 e. The van der Waals surface area contributed by atoms with Gasteiger partial charge >= 0.3 is 0 Å². The predicted octanol–water partition coefficient (Wildman–Crippen LogP) is 2.91. The van der Waals surface area contributed by atoms with Gasteiger partial charge in [-0.3, -0.25) is 4.79 Å². The zero-order valence-corrected chi connectivity index (χ0v) is 10.6. The van der Waals surface area contributed by atoms with Gasteiger partial charge < -0.3 is 15.0 Å². The third kappa shape index (κ3) is 2.18. The lowest BCUT2D eigenvalue weighted by molar-refractivity contribution is -0.119. The molecule has 1 aromatic heterocycles. The average molecular weight is 254 g/mol. The molecule has 4 nitrogen and oxygen atoms in total. The molecule has 0 atom stereocenters. The number of para-hydroxylation sites is 1. The number of methoxy groups -OCH3 is 1. The summed E-state index contributed by atoms with van der Waals surface area (Å²) in [5, 5.41) is 5.07. The lowest BCUT2D eigenvalue weighted by atomic mass is 10.1. The van der Waals surface area contributed by atoms with E-state index in [1.807, 2.05) is 36.4 Å². The molecule has 0 aliphatic rings. The number of carbonyl (C=O) groups is 1. The van der Waals surface area contributed by atoms with Crippen LogP contribution in [0.4, 0.5) is 5.69 Å². The van der Waals surface area contributed by atoms with Gasteiger partial charge in [0.2, 0.25) is 5.91 Å². The van der Waals surface area contributed by atoms with Crippen LogP contribution in [0, 0.1) is 0 Å². The SMILES string of the molecule is COCC(=O)Nc1ccc2[nH]c3ccccc3c2c1. The molecule has 1 heterocycles. The summed E-state index contributed by atoms with van der Waals surface area (Å²) in [6.45, 7) is 0.0614. The number of benzene rings is 2. The lowest BCUT2D eigenvalue weighted by Crippen LogP contribution is -2.16. The molecule has 0 saturated heterocycles. The van der Waals surface area contributed by atoms with E-state index in [9.17, 15) is 4.79 Å². The Kier molecular flexibility index (Phi) is 2.93. The van der Waals surface area contributed by atoms with Gasteiger partial charge in [0.25, 0.3) is 0 Å². The molecule has 0 bridgehead atoms.